The van der Waals surface area contributed by atoms with Gasteiger partial charge in [-0.25, -0.2) is 4.39 Å². The Hall–Kier alpha value is -2.89. The second-order valence-electron chi connectivity index (χ2n) is 9.88. The molecule has 1 heterocycles. The van der Waals surface area contributed by atoms with Crippen molar-refractivity contribution in [1.29, 1.82) is 0 Å². The van der Waals surface area contributed by atoms with Gasteiger partial charge in [0.05, 0.1) is 6.04 Å². The predicted molar refractivity (Wildman–Crippen MR) is 128 cm³/mol. The van der Waals surface area contributed by atoms with Gasteiger partial charge in [0.25, 0.3) is 5.91 Å². The topological polar surface area (TPSA) is 58.6 Å². The van der Waals surface area contributed by atoms with Crippen molar-refractivity contribution >= 4 is 11.8 Å². The minimum Gasteiger partial charge on any atom is -0.481 e. The Morgan fingerprint density at radius 1 is 1.09 bits per heavy atom. The summed E-state index contributed by atoms with van der Waals surface area (Å²) in [6.07, 6.45) is 6.93. The second-order valence-corrected chi connectivity index (χ2v) is 9.88. The molecule has 2 aromatic rings. The first-order valence-corrected chi connectivity index (χ1v) is 12.7. The highest BCUT2D eigenvalue weighted by Crippen LogP contribution is 2.40. The Kier molecular flexibility index (Phi) is 6.57. The predicted octanol–water partition coefficient (Wildman–Crippen LogP) is 4.93. The summed E-state index contributed by atoms with van der Waals surface area (Å²) < 4.78 is 19.9. The van der Waals surface area contributed by atoms with Crippen LogP contribution in [0, 0.1) is 11.7 Å². The van der Waals surface area contributed by atoms with E-state index in [1.165, 1.54) is 12.1 Å². The Morgan fingerprint density at radius 3 is 2.50 bits per heavy atom. The number of nitrogens with one attached hydrogen (secondary N) is 1. The number of rotatable bonds is 7. The largest absolute Gasteiger partial charge is 0.481 e. The van der Waals surface area contributed by atoms with Crippen LogP contribution < -0.4 is 10.1 Å². The molecule has 2 aliphatic carbocycles. The van der Waals surface area contributed by atoms with E-state index in [-0.39, 0.29) is 35.6 Å². The third-order valence-electron chi connectivity index (χ3n) is 7.38. The van der Waals surface area contributed by atoms with E-state index in [9.17, 15) is 14.0 Å². The average Bonchev–Trinajstić information content (AvgIpc) is 3.49. The molecule has 2 amide bonds. The van der Waals surface area contributed by atoms with Gasteiger partial charge in [0.2, 0.25) is 5.91 Å². The Labute approximate surface area is 200 Å². The lowest BCUT2D eigenvalue weighted by molar-refractivity contribution is -0.137. The van der Waals surface area contributed by atoms with Crippen molar-refractivity contribution in [3.8, 4) is 5.75 Å². The zero-order valence-electron chi connectivity index (χ0n) is 19.8. The Bertz CT molecular complexity index is 1040. The van der Waals surface area contributed by atoms with E-state index in [1.54, 1.807) is 12.1 Å². The molecule has 2 atom stereocenters. The van der Waals surface area contributed by atoms with Gasteiger partial charge in [-0.15, -0.1) is 0 Å². The number of nitrogens with zero attached hydrogens (tertiary/aromatic N) is 1. The van der Waals surface area contributed by atoms with Gasteiger partial charge < -0.3 is 15.0 Å². The molecular formula is C28H33FN2O3. The molecule has 5 rings (SSSR count). The average molecular weight is 465 g/mol. The summed E-state index contributed by atoms with van der Waals surface area (Å²) in [6.45, 7) is 2.59. The number of fused-ring (bicyclic) bond motifs is 1. The van der Waals surface area contributed by atoms with E-state index in [1.807, 2.05) is 30.0 Å². The highest BCUT2D eigenvalue weighted by Gasteiger charge is 2.36. The summed E-state index contributed by atoms with van der Waals surface area (Å²) in [4.78, 5) is 28.1. The first-order valence-electron chi connectivity index (χ1n) is 12.7. The number of hydrogen-bond acceptors (Lipinski definition) is 3. The SMILES string of the molecule is CC[C@H](Oc1ccc2c(c1)[C@H](c1ccc(F)cc1)N(C(=O)C1CCCC1)CC2)C(=O)NC1CC1. The van der Waals surface area contributed by atoms with E-state index in [0.29, 0.717) is 18.7 Å². The summed E-state index contributed by atoms with van der Waals surface area (Å²) >= 11 is 0. The van der Waals surface area contributed by atoms with Crippen LogP contribution in [-0.4, -0.2) is 35.4 Å². The van der Waals surface area contributed by atoms with Crippen molar-refractivity contribution in [1.82, 2.24) is 10.2 Å². The lowest BCUT2D eigenvalue weighted by Crippen LogP contribution is -2.43. The van der Waals surface area contributed by atoms with Gasteiger partial charge in [-0.2, -0.15) is 0 Å². The van der Waals surface area contributed by atoms with Gasteiger partial charge in [-0.3, -0.25) is 9.59 Å². The van der Waals surface area contributed by atoms with Gasteiger partial charge in [0.15, 0.2) is 6.10 Å². The number of carbonyl (C=O) groups excluding carboxylic acids is 2. The van der Waals surface area contributed by atoms with Crippen LogP contribution >= 0.6 is 0 Å². The lowest BCUT2D eigenvalue weighted by Gasteiger charge is -2.39. The van der Waals surface area contributed by atoms with Crippen LogP contribution in [0.3, 0.4) is 0 Å². The molecule has 0 aromatic heterocycles. The van der Waals surface area contributed by atoms with Crippen LogP contribution in [0.25, 0.3) is 0 Å². The molecule has 0 saturated heterocycles. The fourth-order valence-corrected chi connectivity index (χ4v) is 5.32. The first kappa shape index (κ1) is 22.9. The molecule has 6 heteroatoms. The lowest BCUT2D eigenvalue weighted by atomic mass is 9.87. The number of benzene rings is 2. The zero-order valence-corrected chi connectivity index (χ0v) is 19.8. The summed E-state index contributed by atoms with van der Waals surface area (Å²) in [7, 11) is 0. The number of halogens is 1. The third-order valence-corrected chi connectivity index (χ3v) is 7.38. The molecule has 180 valence electrons. The van der Waals surface area contributed by atoms with Crippen molar-refractivity contribution in [3.05, 3.63) is 65.0 Å². The van der Waals surface area contributed by atoms with Crippen LogP contribution in [0.4, 0.5) is 4.39 Å². The van der Waals surface area contributed by atoms with Crippen LogP contribution in [0.5, 0.6) is 5.75 Å². The van der Waals surface area contributed by atoms with E-state index >= 15 is 0 Å². The highest BCUT2D eigenvalue weighted by atomic mass is 19.1. The second kappa shape index (κ2) is 9.77. The summed E-state index contributed by atoms with van der Waals surface area (Å²) in [6, 6.07) is 12.4. The molecule has 1 N–H and O–H groups in total. The van der Waals surface area contributed by atoms with Crippen molar-refractivity contribution in [2.75, 3.05) is 6.54 Å². The van der Waals surface area contributed by atoms with Crippen molar-refractivity contribution < 1.29 is 18.7 Å². The summed E-state index contributed by atoms with van der Waals surface area (Å²) in [5, 5.41) is 3.03. The quantitative estimate of drug-likeness (QED) is 0.632. The maximum absolute atomic E-state index is 13.7. The van der Waals surface area contributed by atoms with Gasteiger partial charge in [-0.1, -0.05) is 38.0 Å². The van der Waals surface area contributed by atoms with Gasteiger partial charge in [0, 0.05) is 18.5 Å². The third kappa shape index (κ3) is 4.82. The molecule has 0 unspecified atom stereocenters. The molecule has 2 fully saturated rings. The fourth-order valence-electron chi connectivity index (χ4n) is 5.32. The highest BCUT2D eigenvalue weighted by molar-refractivity contribution is 5.82. The fraction of sp³-hybridized carbons (Fsp3) is 0.500. The molecule has 0 spiro atoms. The van der Waals surface area contributed by atoms with E-state index in [4.69, 9.17) is 4.74 Å². The van der Waals surface area contributed by atoms with Crippen LogP contribution in [0.15, 0.2) is 42.5 Å². The maximum Gasteiger partial charge on any atom is 0.261 e. The molecular weight excluding hydrogens is 431 g/mol. The molecule has 2 saturated carbocycles. The van der Waals surface area contributed by atoms with Crippen molar-refractivity contribution in [2.24, 2.45) is 5.92 Å². The van der Waals surface area contributed by atoms with Gasteiger partial charge >= 0.3 is 0 Å². The Morgan fingerprint density at radius 2 is 1.82 bits per heavy atom. The van der Waals surface area contributed by atoms with Crippen molar-refractivity contribution in [3.63, 3.8) is 0 Å². The monoisotopic (exact) mass is 464 g/mol. The normalized spacial score (nSPS) is 21.1. The van der Waals surface area contributed by atoms with Crippen LogP contribution in [0.2, 0.25) is 0 Å². The molecule has 2 aromatic carbocycles. The van der Waals surface area contributed by atoms with Gasteiger partial charge in [0.1, 0.15) is 11.6 Å². The molecule has 1 aliphatic heterocycles. The smallest absolute Gasteiger partial charge is 0.261 e. The number of carbonyl (C=O) groups is 2. The number of hydrogen-bond donors (Lipinski definition) is 1. The standard InChI is InChI=1S/C28H33FN2O3/c1-2-25(27(32)30-22-12-13-22)34-23-14-9-18-15-16-31(28(33)20-5-3-4-6-20)26(24(18)17-23)19-7-10-21(29)11-8-19/h7-11,14,17,20,22,25-26H,2-6,12-13,15-16H2,1H3,(H,30,32)/t25-,26-/m0/s1. The Balaban J connectivity index is 1.46. The van der Waals surface area contributed by atoms with Crippen LogP contribution in [0.1, 0.15) is 74.6 Å². The van der Waals surface area contributed by atoms with Crippen molar-refractivity contribution in [2.45, 2.75) is 76.5 Å². The summed E-state index contributed by atoms with van der Waals surface area (Å²) in [5.74, 6) is 0.520. The zero-order chi connectivity index (χ0) is 23.7. The first-order chi connectivity index (χ1) is 16.5. The molecule has 34 heavy (non-hydrogen) atoms. The molecule has 3 aliphatic rings. The van der Waals surface area contributed by atoms with Crippen LogP contribution in [-0.2, 0) is 16.0 Å². The maximum atomic E-state index is 13.7. The number of amides is 2. The number of ether oxygens (including phenoxy) is 1. The van der Waals surface area contributed by atoms with E-state index < -0.39 is 6.10 Å². The minimum atomic E-state index is -0.553. The molecule has 5 nitrogen and oxygen atoms in total. The van der Waals surface area contributed by atoms with E-state index in [2.05, 4.69) is 5.32 Å². The summed E-state index contributed by atoms with van der Waals surface area (Å²) in [5.41, 5.74) is 3.05. The molecule has 0 bridgehead atoms. The van der Waals surface area contributed by atoms with E-state index in [0.717, 1.165) is 61.6 Å². The molecule has 0 radical (unpaired) electrons. The van der Waals surface area contributed by atoms with Gasteiger partial charge in [-0.05, 0) is 79.5 Å². The minimum absolute atomic E-state index is 0.0690.